The third kappa shape index (κ3) is 4.44. The predicted molar refractivity (Wildman–Crippen MR) is 121 cm³/mol. The number of esters is 1. The molecule has 6 nitrogen and oxygen atoms in total. The van der Waals surface area contributed by atoms with Gasteiger partial charge >= 0.3 is 11.6 Å². The minimum Gasteiger partial charge on any atom is -0.426 e. The molecule has 1 aromatic heterocycles. The van der Waals surface area contributed by atoms with Crippen LogP contribution in [0.3, 0.4) is 0 Å². The molecule has 0 spiro atoms. The van der Waals surface area contributed by atoms with Crippen molar-refractivity contribution in [2.75, 3.05) is 6.54 Å². The number of hydrogen-bond donors (Lipinski definition) is 1. The Morgan fingerprint density at radius 2 is 1.53 bits per heavy atom. The van der Waals surface area contributed by atoms with Crippen LogP contribution in [0.5, 0.6) is 5.75 Å². The Balaban J connectivity index is 1.65. The van der Waals surface area contributed by atoms with Crippen molar-refractivity contribution in [3.8, 4) is 5.75 Å². The van der Waals surface area contributed by atoms with Crippen molar-refractivity contribution in [1.29, 1.82) is 0 Å². The van der Waals surface area contributed by atoms with E-state index in [1.165, 1.54) is 12.1 Å². The third-order valence-corrected chi connectivity index (χ3v) is 5.01. The standard InChI is InChI=1S/C26H21NO5/c1-2-27-24(28)21-15-19-13-14-20(16-22(19)32-25(21)29)31-26(30)23(17-9-5-3-6-10-17)18-11-7-4-8-12-18/h3-16,23H,2H2,1H3,(H,27,28). The Labute approximate surface area is 184 Å². The van der Waals surface area contributed by atoms with E-state index in [0.29, 0.717) is 11.9 Å². The van der Waals surface area contributed by atoms with E-state index in [-0.39, 0.29) is 16.9 Å². The number of rotatable bonds is 6. The van der Waals surface area contributed by atoms with Gasteiger partial charge in [0.05, 0.1) is 0 Å². The summed E-state index contributed by atoms with van der Waals surface area (Å²) in [6.45, 7) is 2.16. The van der Waals surface area contributed by atoms with Crippen LogP contribution in [0, 0.1) is 0 Å². The molecule has 0 atom stereocenters. The number of fused-ring (bicyclic) bond motifs is 1. The lowest BCUT2D eigenvalue weighted by atomic mass is 9.91. The van der Waals surface area contributed by atoms with E-state index in [1.54, 1.807) is 19.1 Å². The van der Waals surface area contributed by atoms with Crippen LogP contribution in [0.2, 0.25) is 0 Å². The molecule has 0 aliphatic heterocycles. The highest BCUT2D eigenvalue weighted by Gasteiger charge is 2.25. The maximum atomic E-state index is 13.2. The highest BCUT2D eigenvalue weighted by atomic mass is 16.5. The molecule has 0 aliphatic carbocycles. The molecule has 0 aliphatic rings. The van der Waals surface area contributed by atoms with Crippen LogP contribution >= 0.6 is 0 Å². The zero-order valence-electron chi connectivity index (χ0n) is 17.4. The number of carbonyl (C=O) groups is 2. The summed E-state index contributed by atoms with van der Waals surface area (Å²) in [4.78, 5) is 37.4. The van der Waals surface area contributed by atoms with Crippen LogP contribution in [0.25, 0.3) is 11.0 Å². The molecule has 0 saturated carbocycles. The van der Waals surface area contributed by atoms with Crippen LogP contribution in [-0.4, -0.2) is 18.4 Å². The van der Waals surface area contributed by atoms with Crippen molar-refractivity contribution in [2.24, 2.45) is 0 Å². The number of hydrogen-bond acceptors (Lipinski definition) is 5. The van der Waals surface area contributed by atoms with Gasteiger partial charge in [-0.25, -0.2) is 4.79 Å². The van der Waals surface area contributed by atoms with Gasteiger partial charge in [0.15, 0.2) is 0 Å². The number of benzene rings is 3. The van der Waals surface area contributed by atoms with Gasteiger partial charge in [0.25, 0.3) is 5.91 Å². The zero-order chi connectivity index (χ0) is 22.5. The van der Waals surface area contributed by atoms with Gasteiger partial charge in [-0.05, 0) is 36.2 Å². The third-order valence-electron chi connectivity index (χ3n) is 5.01. The molecule has 4 rings (SSSR count). The van der Waals surface area contributed by atoms with Crippen molar-refractivity contribution in [3.05, 3.63) is 112 Å². The molecule has 6 heteroatoms. The SMILES string of the molecule is CCNC(=O)c1cc2ccc(OC(=O)C(c3ccccc3)c3ccccc3)cc2oc1=O. The second-order valence-electron chi connectivity index (χ2n) is 7.18. The summed E-state index contributed by atoms with van der Waals surface area (Å²) in [7, 11) is 0. The first-order chi connectivity index (χ1) is 15.6. The van der Waals surface area contributed by atoms with Gasteiger partial charge in [-0.15, -0.1) is 0 Å². The molecule has 160 valence electrons. The molecular weight excluding hydrogens is 406 g/mol. The van der Waals surface area contributed by atoms with E-state index < -0.39 is 23.4 Å². The fourth-order valence-corrected chi connectivity index (χ4v) is 3.50. The smallest absolute Gasteiger partial charge is 0.349 e. The van der Waals surface area contributed by atoms with Gasteiger partial charge in [-0.3, -0.25) is 9.59 Å². The van der Waals surface area contributed by atoms with Gasteiger partial charge in [0.2, 0.25) is 0 Å². The largest absolute Gasteiger partial charge is 0.426 e. The van der Waals surface area contributed by atoms with E-state index in [1.807, 2.05) is 60.7 Å². The van der Waals surface area contributed by atoms with Gasteiger partial charge in [0.1, 0.15) is 22.8 Å². The molecule has 0 unspecified atom stereocenters. The van der Waals surface area contributed by atoms with Crippen LogP contribution in [0.1, 0.15) is 34.3 Å². The quantitative estimate of drug-likeness (QED) is 0.282. The minimum absolute atomic E-state index is 0.0719. The number of carbonyl (C=O) groups excluding carboxylic acids is 2. The molecule has 4 aromatic rings. The van der Waals surface area contributed by atoms with Gasteiger partial charge in [0, 0.05) is 18.0 Å². The molecule has 1 N–H and O–H groups in total. The predicted octanol–water partition coefficient (Wildman–Crippen LogP) is 4.28. The van der Waals surface area contributed by atoms with Crippen LogP contribution in [-0.2, 0) is 4.79 Å². The summed E-state index contributed by atoms with van der Waals surface area (Å²) in [6.07, 6.45) is 0. The van der Waals surface area contributed by atoms with Gasteiger partial charge in [-0.2, -0.15) is 0 Å². The maximum absolute atomic E-state index is 13.2. The molecule has 1 heterocycles. The lowest BCUT2D eigenvalue weighted by Crippen LogP contribution is -2.27. The second kappa shape index (κ2) is 9.31. The molecule has 3 aromatic carbocycles. The summed E-state index contributed by atoms with van der Waals surface area (Å²) in [5, 5.41) is 3.13. The summed E-state index contributed by atoms with van der Waals surface area (Å²) < 4.78 is 11.0. The Morgan fingerprint density at radius 1 is 0.906 bits per heavy atom. The lowest BCUT2D eigenvalue weighted by Gasteiger charge is -2.17. The Morgan fingerprint density at radius 3 is 2.12 bits per heavy atom. The number of amides is 1. The molecule has 32 heavy (non-hydrogen) atoms. The van der Waals surface area contributed by atoms with Gasteiger partial charge < -0.3 is 14.5 Å². The summed E-state index contributed by atoms with van der Waals surface area (Å²) in [5.74, 6) is -1.32. The maximum Gasteiger partial charge on any atom is 0.349 e. The molecule has 1 amide bonds. The van der Waals surface area contributed by atoms with Crippen LogP contribution in [0.15, 0.2) is 94.1 Å². The highest BCUT2D eigenvalue weighted by Crippen LogP contribution is 2.28. The summed E-state index contributed by atoms with van der Waals surface area (Å²) in [6, 6.07) is 25.0. The van der Waals surface area contributed by atoms with E-state index in [0.717, 1.165) is 11.1 Å². The first kappa shape index (κ1) is 21.1. The van der Waals surface area contributed by atoms with Gasteiger partial charge in [-0.1, -0.05) is 60.7 Å². The second-order valence-corrected chi connectivity index (χ2v) is 7.18. The Hall–Kier alpha value is -4.19. The summed E-state index contributed by atoms with van der Waals surface area (Å²) >= 11 is 0. The molecule has 0 radical (unpaired) electrons. The monoisotopic (exact) mass is 427 g/mol. The average molecular weight is 427 g/mol. The number of nitrogens with one attached hydrogen (secondary N) is 1. The summed E-state index contributed by atoms with van der Waals surface area (Å²) in [5.41, 5.74) is 1.02. The van der Waals surface area contributed by atoms with Crippen molar-refractivity contribution >= 4 is 22.8 Å². The topological polar surface area (TPSA) is 85.6 Å². The van der Waals surface area contributed by atoms with Crippen molar-refractivity contribution in [3.63, 3.8) is 0 Å². The minimum atomic E-state index is -0.752. The Bertz CT molecular complexity index is 1270. The fraction of sp³-hybridized carbons (Fsp3) is 0.115. The number of ether oxygens (including phenoxy) is 1. The Kier molecular flexibility index (Phi) is 6.12. The lowest BCUT2D eigenvalue weighted by molar-refractivity contribution is -0.135. The zero-order valence-corrected chi connectivity index (χ0v) is 17.4. The van der Waals surface area contributed by atoms with Crippen molar-refractivity contribution < 1.29 is 18.7 Å². The van der Waals surface area contributed by atoms with E-state index in [9.17, 15) is 14.4 Å². The van der Waals surface area contributed by atoms with Crippen molar-refractivity contribution in [1.82, 2.24) is 5.32 Å². The van der Waals surface area contributed by atoms with Crippen LogP contribution in [0.4, 0.5) is 0 Å². The molecule has 0 bridgehead atoms. The van der Waals surface area contributed by atoms with E-state index in [4.69, 9.17) is 9.15 Å². The highest BCUT2D eigenvalue weighted by molar-refractivity contribution is 5.96. The normalized spacial score (nSPS) is 10.8. The average Bonchev–Trinajstić information content (AvgIpc) is 2.80. The molecule has 0 fully saturated rings. The van der Waals surface area contributed by atoms with E-state index in [2.05, 4.69) is 5.32 Å². The van der Waals surface area contributed by atoms with Crippen LogP contribution < -0.4 is 15.7 Å². The van der Waals surface area contributed by atoms with Crippen molar-refractivity contribution in [2.45, 2.75) is 12.8 Å². The molecular formula is C26H21NO5. The fourth-order valence-electron chi connectivity index (χ4n) is 3.50. The van der Waals surface area contributed by atoms with E-state index >= 15 is 0 Å². The first-order valence-electron chi connectivity index (χ1n) is 10.2. The molecule has 0 saturated heterocycles. The first-order valence-corrected chi connectivity index (χ1v) is 10.2.